The molecule has 462 valence electrons. The van der Waals surface area contributed by atoms with Crippen molar-refractivity contribution in [1.82, 2.24) is 15.0 Å². The first-order chi connectivity index (χ1) is 49.0. The van der Waals surface area contributed by atoms with Gasteiger partial charge in [-0.25, -0.2) is 0 Å². The van der Waals surface area contributed by atoms with E-state index in [1.54, 1.807) is 0 Å². The SMILES string of the molecule is c1cc(-c2ccc(-c3ccccc3-c3cc(-c4ccccc4-c4ccc(-c5cccc(-c6cccc7c6oc6ccccc67)c5)nc4)cc(-c4ccccc4-c4ccc(-c5cccc(-c6cccc7c6oc6ccccc67)c5)nc4)c3)cn2)cc(-c2cccc3c2oc2ccccc23)c1. The molecule has 0 aliphatic heterocycles. The van der Waals surface area contributed by atoms with E-state index in [9.17, 15) is 0 Å². The predicted octanol–water partition coefficient (Wildman–Crippen LogP) is 25.6. The van der Waals surface area contributed by atoms with Gasteiger partial charge in [-0.2, -0.15) is 0 Å². The van der Waals surface area contributed by atoms with Crippen LogP contribution < -0.4 is 0 Å². The second kappa shape index (κ2) is 23.9. The number of benzene rings is 13. The van der Waals surface area contributed by atoms with Gasteiger partial charge in [-0.3, -0.25) is 15.0 Å². The lowest BCUT2D eigenvalue weighted by atomic mass is 9.86. The van der Waals surface area contributed by atoms with Gasteiger partial charge in [-0.05, 0) is 140 Å². The van der Waals surface area contributed by atoms with Gasteiger partial charge < -0.3 is 13.3 Å². The largest absolute Gasteiger partial charge is 0.455 e. The van der Waals surface area contributed by atoms with Crippen LogP contribution in [0.2, 0.25) is 0 Å². The Bertz CT molecular complexity index is 5730. The first-order valence-corrected chi connectivity index (χ1v) is 33.4. The fourth-order valence-corrected chi connectivity index (χ4v) is 14.7. The van der Waals surface area contributed by atoms with E-state index in [-0.39, 0.29) is 0 Å². The van der Waals surface area contributed by atoms with E-state index in [1.165, 1.54) is 0 Å². The summed E-state index contributed by atoms with van der Waals surface area (Å²) in [6, 6.07) is 116. The number of fused-ring (bicyclic) bond motifs is 9. The van der Waals surface area contributed by atoms with E-state index < -0.39 is 0 Å². The van der Waals surface area contributed by atoms with Gasteiger partial charge in [0, 0.05) is 101 Å². The Labute approximate surface area is 570 Å². The van der Waals surface area contributed by atoms with E-state index in [1.807, 2.05) is 55.0 Å². The van der Waals surface area contributed by atoms with Crippen molar-refractivity contribution in [3.8, 4) is 134 Å². The first kappa shape index (κ1) is 57.2. The molecule has 6 aromatic heterocycles. The molecule has 6 heterocycles. The summed E-state index contributed by atoms with van der Waals surface area (Å²) < 4.78 is 19.4. The average molecular weight is 1260 g/mol. The molecule has 19 aromatic rings. The highest BCUT2D eigenvalue weighted by molar-refractivity contribution is 6.12. The van der Waals surface area contributed by atoms with Crippen molar-refractivity contribution in [3.05, 3.63) is 346 Å². The fourth-order valence-electron chi connectivity index (χ4n) is 14.7. The molecular weight excluding hydrogens is 1210 g/mol. The quantitative estimate of drug-likeness (QED) is 0.121. The second-order valence-electron chi connectivity index (χ2n) is 25.3. The van der Waals surface area contributed by atoms with Crippen LogP contribution in [0, 0.1) is 0 Å². The minimum atomic E-state index is 0.881. The second-order valence-corrected chi connectivity index (χ2v) is 25.3. The third-order valence-electron chi connectivity index (χ3n) is 19.5. The molecule has 19 rings (SSSR count). The van der Waals surface area contributed by atoms with Crippen LogP contribution >= 0.6 is 0 Å². The van der Waals surface area contributed by atoms with Crippen LogP contribution in [0.5, 0.6) is 0 Å². The van der Waals surface area contributed by atoms with Crippen molar-refractivity contribution in [2.75, 3.05) is 0 Å². The Morgan fingerprint density at radius 2 is 0.394 bits per heavy atom. The molecule has 6 heteroatoms. The van der Waals surface area contributed by atoms with E-state index in [0.717, 1.165) is 200 Å². The van der Waals surface area contributed by atoms with Gasteiger partial charge in [0.15, 0.2) is 0 Å². The number of rotatable bonds is 12. The zero-order valence-electron chi connectivity index (χ0n) is 53.5. The maximum Gasteiger partial charge on any atom is 0.143 e. The number of aromatic nitrogens is 3. The zero-order chi connectivity index (χ0) is 65.3. The van der Waals surface area contributed by atoms with Crippen LogP contribution in [0.3, 0.4) is 0 Å². The molecule has 99 heavy (non-hydrogen) atoms. The summed E-state index contributed by atoms with van der Waals surface area (Å²) in [5, 5.41) is 6.65. The van der Waals surface area contributed by atoms with E-state index in [0.29, 0.717) is 0 Å². The molecule has 0 amide bonds. The van der Waals surface area contributed by atoms with E-state index in [4.69, 9.17) is 28.2 Å². The zero-order valence-corrected chi connectivity index (χ0v) is 53.5. The molecule has 0 atom stereocenters. The van der Waals surface area contributed by atoms with Crippen molar-refractivity contribution >= 4 is 65.8 Å². The van der Waals surface area contributed by atoms with Crippen molar-refractivity contribution in [3.63, 3.8) is 0 Å². The Kier molecular flexibility index (Phi) is 13.8. The number of furan rings is 3. The Balaban J connectivity index is 0.690. The summed E-state index contributed by atoms with van der Waals surface area (Å²) in [7, 11) is 0. The molecule has 0 saturated heterocycles. The predicted molar refractivity (Wildman–Crippen MR) is 407 cm³/mol. The summed E-state index contributed by atoms with van der Waals surface area (Å²) in [5.74, 6) is 0. The highest BCUT2D eigenvalue weighted by Crippen LogP contribution is 2.45. The molecule has 0 aliphatic carbocycles. The monoisotopic (exact) mass is 1260 g/mol. The number of pyridine rings is 3. The van der Waals surface area contributed by atoms with Gasteiger partial charge >= 0.3 is 0 Å². The highest BCUT2D eigenvalue weighted by atomic mass is 16.3. The number of para-hydroxylation sites is 6. The first-order valence-electron chi connectivity index (χ1n) is 33.4. The fraction of sp³-hybridized carbons (Fsp3) is 0. The highest BCUT2D eigenvalue weighted by Gasteiger charge is 2.21. The third kappa shape index (κ3) is 10.2. The van der Waals surface area contributed by atoms with E-state index >= 15 is 0 Å². The lowest BCUT2D eigenvalue weighted by Crippen LogP contribution is -1.93. The Morgan fingerprint density at radius 1 is 0.162 bits per heavy atom. The summed E-state index contributed by atoms with van der Waals surface area (Å²) in [6.45, 7) is 0. The molecule has 0 saturated carbocycles. The molecule has 0 spiro atoms. The molecule has 6 nitrogen and oxygen atoms in total. The molecule has 0 radical (unpaired) electrons. The van der Waals surface area contributed by atoms with Crippen LogP contribution in [0.4, 0.5) is 0 Å². The minimum absolute atomic E-state index is 0.881. The van der Waals surface area contributed by atoms with Crippen LogP contribution in [0.15, 0.2) is 359 Å². The van der Waals surface area contributed by atoms with Crippen LogP contribution in [0.25, 0.3) is 200 Å². The van der Waals surface area contributed by atoms with Crippen molar-refractivity contribution in [1.29, 1.82) is 0 Å². The van der Waals surface area contributed by atoms with Gasteiger partial charge in [0.1, 0.15) is 33.5 Å². The molecular formula is C93H57N3O3. The van der Waals surface area contributed by atoms with Crippen LogP contribution in [-0.4, -0.2) is 15.0 Å². The lowest BCUT2D eigenvalue weighted by Gasteiger charge is -2.18. The normalized spacial score (nSPS) is 11.6. The van der Waals surface area contributed by atoms with Gasteiger partial charge in [-0.15, -0.1) is 0 Å². The van der Waals surface area contributed by atoms with Gasteiger partial charge in [-0.1, -0.05) is 255 Å². The van der Waals surface area contributed by atoms with Crippen LogP contribution in [0.1, 0.15) is 0 Å². The summed E-state index contributed by atoms with van der Waals surface area (Å²) >= 11 is 0. The van der Waals surface area contributed by atoms with Gasteiger partial charge in [0.05, 0.1) is 17.1 Å². The van der Waals surface area contributed by atoms with E-state index in [2.05, 4.69) is 291 Å². The minimum Gasteiger partial charge on any atom is -0.455 e. The topological polar surface area (TPSA) is 78.1 Å². The summed E-state index contributed by atoms with van der Waals surface area (Å²) in [6.07, 6.45) is 6.04. The van der Waals surface area contributed by atoms with Crippen molar-refractivity contribution in [2.45, 2.75) is 0 Å². The van der Waals surface area contributed by atoms with Gasteiger partial charge in [0.25, 0.3) is 0 Å². The third-order valence-corrected chi connectivity index (χ3v) is 19.5. The maximum absolute atomic E-state index is 6.48. The average Bonchev–Trinajstić information content (AvgIpc) is 1.76. The molecule has 13 aromatic carbocycles. The van der Waals surface area contributed by atoms with Gasteiger partial charge in [0.2, 0.25) is 0 Å². The number of hydrogen-bond donors (Lipinski definition) is 0. The number of hydrogen-bond acceptors (Lipinski definition) is 6. The Hall–Kier alpha value is -13.3. The Morgan fingerprint density at radius 3 is 0.687 bits per heavy atom. The molecule has 0 bridgehead atoms. The maximum atomic E-state index is 6.48. The molecule has 0 aliphatic rings. The smallest absolute Gasteiger partial charge is 0.143 e. The van der Waals surface area contributed by atoms with Crippen molar-refractivity contribution in [2.24, 2.45) is 0 Å². The number of nitrogens with zero attached hydrogens (tertiary/aromatic N) is 3. The van der Waals surface area contributed by atoms with Crippen molar-refractivity contribution < 1.29 is 13.3 Å². The summed E-state index contributed by atoms with van der Waals surface area (Å²) in [4.78, 5) is 15.6. The molecule has 0 N–H and O–H groups in total. The lowest BCUT2D eigenvalue weighted by molar-refractivity contribution is 0.669. The molecule has 0 unspecified atom stereocenters. The summed E-state index contributed by atoms with van der Waals surface area (Å²) in [5.41, 5.74) is 30.1. The molecule has 0 fully saturated rings. The standard InChI is InChI=1S/C93H57N3O3/c1-4-28-73(70(25-1)64-43-46-85(94-55-64)61-22-13-19-58(49-61)76-34-16-37-82-79-31-7-10-40-88(79)97-91(76)82)67-52-68(74-29-5-2-26-71(74)65-44-47-86(95-56-65)62-23-14-20-59(50-62)77-35-17-38-83-80-32-8-11-41-89(80)98-92(77)83)54-69(53-67)75-30-6-3-27-72(75)66-45-48-87(96-57-66)63-24-15-21-60(51-63)78-36-18-39-84-81-33-9-12-42-90(81)99-93(78)84/h1-57H. The van der Waals surface area contributed by atoms with Crippen LogP contribution in [-0.2, 0) is 0 Å².